The van der Waals surface area contributed by atoms with Gasteiger partial charge in [-0.15, -0.1) is 0 Å². The van der Waals surface area contributed by atoms with E-state index in [1.807, 2.05) is 19.9 Å². The number of carbonyl (C=O) groups is 2. The van der Waals surface area contributed by atoms with E-state index in [1.165, 1.54) is 12.8 Å². The Morgan fingerprint density at radius 3 is 2.58 bits per heavy atom. The van der Waals surface area contributed by atoms with Gasteiger partial charge in [-0.3, -0.25) is 9.59 Å². The van der Waals surface area contributed by atoms with E-state index in [4.69, 9.17) is 10.5 Å². The molecular weight excluding hydrogens is 332 g/mol. The molecule has 2 saturated carbocycles. The number of pyridine rings is 1. The Labute approximate surface area is 154 Å². The monoisotopic (exact) mass is 360 g/mol. The van der Waals surface area contributed by atoms with Crippen LogP contribution in [0, 0.1) is 11.8 Å². The van der Waals surface area contributed by atoms with E-state index < -0.39 is 17.9 Å². The predicted octanol–water partition coefficient (Wildman–Crippen LogP) is 2.07. The number of primary amides is 1. The van der Waals surface area contributed by atoms with Crippen LogP contribution in [0.4, 0.5) is 5.69 Å². The van der Waals surface area contributed by atoms with Gasteiger partial charge in [-0.25, -0.2) is 4.98 Å². The number of aromatic nitrogens is 1. The smallest absolute Gasteiger partial charge is 0.270 e. The fourth-order valence-corrected chi connectivity index (χ4v) is 2.67. The van der Waals surface area contributed by atoms with Crippen molar-refractivity contribution in [3.63, 3.8) is 0 Å². The van der Waals surface area contributed by atoms with Gasteiger partial charge in [0.1, 0.15) is 11.7 Å². The van der Waals surface area contributed by atoms with E-state index in [0.717, 1.165) is 18.5 Å². The molecule has 7 heteroatoms. The molecule has 1 heterocycles. The molecule has 1 atom stereocenters. The standard InChI is InChI=1S/C19H28N4O3/c1-11(2)9-16(17(20)24)22-18(25)14-7-8-15(21-13-5-6-13)19(23-14)26-10-12-3-4-12/h7-8,11-13,16,21H,3-6,9-10H2,1-2H3,(H2,20,24)(H,22,25)/t16-/m0/s1. The molecule has 2 aliphatic rings. The Hall–Kier alpha value is -2.31. The Bertz CT molecular complexity index is 669. The molecule has 1 aromatic heterocycles. The second-order valence-corrected chi connectivity index (χ2v) is 7.78. The molecule has 2 amide bonds. The zero-order chi connectivity index (χ0) is 18.7. The second kappa shape index (κ2) is 7.93. The van der Waals surface area contributed by atoms with Gasteiger partial charge in [0, 0.05) is 6.04 Å². The molecule has 0 saturated heterocycles. The van der Waals surface area contributed by atoms with Crippen LogP contribution in [-0.4, -0.2) is 35.5 Å². The first-order valence-electron chi connectivity index (χ1n) is 9.43. The van der Waals surface area contributed by atoms with Crippen molar-refractivity contribution in [2.45, 2.75) is 58.0 Å². The third kappa shape index (κ3) is 5.34. The van der Waals surface area contributed by atoms with Crippen LogP contribution in [0.5, 0.6) is 5.88 Å². The highest BCUT2D eigenvalue weighted by molar-refractivity contribution is 5.96. The molecular formula is C19H28N4O3. The van der Waals surface area contributed by atoms with Crippen molar-refractivity contribution in [2.75, 3.05) is 11.9 Å². The van der Waals surface area contributed by atoms with Crippen molar-refractivity contribution in [3.05, 3.63) is 17.8 Å². The van der Waals surface area contributed by atoms with Crippen molar-refractivity contribution in [1.29, 1.82) is 0 Å². The second-order valence-electron chi connectivity index (χ2n) is 7.78. The van der Waals surface area contributed by atoms with Gasteiger partial charge in [-0.1, -0.05) is 13.8 Å². The summed E-state index contributed by atoms with van der Waals surface area (Å²) in [5, 5.41) is 6.08. The van der Waals surface area contributed by atoms with Crippen LogP contribution < -0.4 is 21.1 Å². The van der Waals surface area contributed by atoms with Crippen molar-refractivity contribution >= 4 is 17.5 Å². The minimum atomic E-state index is -0.704. The molecule has 0 aliphatic heterocycles. The van der Waals surface area contributed by atoms with E-state index in [-0.39, 0.29) is 11.6 Å². The number of amides is 2. The molecule has 4 N–H and O–H groups in total. The summed E-state index contributed by atoms with van der Waals surface area (Å²) >= 11 is 0. The van der Waals surface area contributed by atoms with E-state index in [9.17, 15) is 9.59 Å². The summed E-state index contributed by atoms with van der Waals surface area (Å²) in [5.74, 6) is 0.334. The lowest BCUT2D eigenvalue weighted by molar-refractivity contribution is -0.120. The number of anilines is 1. The summed E-state index contributed by atoms with van der Waals surface area (Å²) in [5.41, 5.74) is 6.45. The lowest BCUT2D eigenvalue weighted by atomic mass is 10.0. The first-order chi connectivity index (χ1) is 12.4. The quantitative estimate of drug-likeness (QED) is 0.592. The molecule has 3 rings (SSSR count). The fourth-order valence-electron chi connectivity index (χ4n) is 2.67. The van der Waals surface area contributed by atoms with Crippen LogP contribution in [0.2, 0.25) is 0 Å². The highest BCUT2D eigenvalue weighted by Crippen LogP contribution is 2.33. The molecule has 0 aromatic carbocycles. The maximum Gasteiger partial charge on any atom is 0.270 e. The average Bonchev–Trinajstić information content (AvgIpc) is 3.47. The normalized spacial score (nSPS) is 17.7. The maximum atomic E-state index is 12.5. The Balaban J connectivity index is 1.71. The lowest BCUT2D eigenvalue weighted by Gasteiger charge is -2.18. The number of carbonyl (C=O) groups excluding carboxylic acids is 2. The van der Waals surface area contributed by atoms with Gasteiger partial charge in [0.25, 0.3) is 5.91 Å². The minimum absolute atomic E-state index is 0.229. The first-order valence-corrected chi connectivity index (χ1v) is 9.43. The van der Waals surface area contributed by atoms with Gasteiger partial charge in [0.15, 0.2) is 0 Å². The predicted molar refractivity (Wildman–Crippen MR) is 99.0 cm³/mol. The number of ether oxygens (including phenoxy) is 1. The van der Waals surface area contributed by atoms with E-state index in [2.05, 4.69) is 15.6 Å². The van der Waals surface area contributed by atoms with Crippen LogP contribution in [0.25, 0.3) is 0 Å². The minimum Gasteiger partial charge on any atom is -0.476 e. The summed E-state index contributed by atoms with van der Waals surface area (Å²) in [4.78, 5) is 28.5. The number of hydrogen-bond acceptors (Lipinski definition) is 5. The summed E-state index contributed by atoms with van der Waals surface area (Å²) in [6.45, 7) is 4.57. The first kappa shape index (κ1) is 18.5. The zero-order valence-electron chi connectivity index (χ0n) is 15.5. The van der Waals surface area contributed by atoms with Crippen molar-refractivity contribution in [1.82, 2.24) is 10.3 Å². The van der Waals surface area contributed by atoms with Crippen molar-refractivity contribution in [2.24, 2.45) is 17.6 Å². The largest absolute Gasteiger partial charge is 0.476 e. The van der Waals surface area contributed by atoms with Crippen LogP contribution in [-0.2, 0) is 4.79 Å². The number of nitrogens with two attached hydrogens (primary N) is 1. The number of hydrogen-bond donors (Lipinski definition) is 3. The molecule has 26 heavy (non-hydrogen) atoms. The number of rotatable bonds is 10. The van der Waals surface area contributed by atoms with Gasteiger partial charge in [0.05, 0.1) is 12.3 Å². The third-order valence-electron chi connectivity index (χ3n) is 4.54. The Morgan fingerprint density at radius 2 is 2.00 bits per heavy atom. The molecule has 2 fully saturated rings. The van der Waals surface area contributed by atoms with E-state index in [1.54, 1.807) is 6.07 Å². The molecule has 0 unspecified atom stereocenters. The average molecular weight is 360 g/mol. The maximum absolute atomic E-state index is 12.5. The van der Waals surface area contributed by atoms with Gasteiger partial charge in [-0.2, -0.15) is 0 Å². The molecule has 2 aliphatic carbocycles. The Morgan fingerprint density at radius 1 is 1.27 bits per heavy atom. The Kier molecular flexibility index (Phi) is 5.64. The fraction of sp³-hybridized carbons (Fsp3) is 0.632. The molecule has 0 spiro atoms. The summed E-state index contributed by atoms with van der Waals surface area (Å²) in [6.07, 6.45) is 5.13. The van der Waals surface area contributed by atoms with E-state index >= 15 is 0 Å². The number of nitrogens with zero attached hydrogens (tertiary/aromatic N) is 1. The summed E-state index contributed by atoms with van der Waals surface area (Å²) < 4.78 is 5.85. The molecule has 0 bridgehead atoms. The number of nitrogens with one attached hydrogen (secondary N) is 2. The van der Waals surface area contributed by atoms with Crippen LogP contribution in [0.3, 0.4) is 0 Å². The third-order valence-corrected chi connectivity index (χ3v) is 4.54. The van der Waals surface area contributed by atoms with Crippen LogP contribution in [0.15, 0.2) is 12.1 Å². The molecule has 7 nitrogen and oxygen atoms in total. The van der Waals surface area contributed by atoms with Gasteiger partial charge < -0.3 is 21.1 Å². The molecule has 142 valence electrons. The SMILES string of the molecule is CC(C)C[C@H](NC(=O)c1ccc(NC2CC2)c(OCC2CC2)n1)C(N)=O. The molecule has 1 aromatic rings. The van der Waals surface area contributed by atoms with Crippen LogP contribution in [0.1, 0.15) is 56.4 Å². The summed E-state index contributed by atoms with van der Waals surface area (Å²) in [7, 11) is 0. The highest BCUT2D eigenvalue weighted by atomic mass is 16.5. The molecule has 0 radical (unpaired) electrons. The summed E-state index contributed by atoms with van der Waals surface area (Å²) in [6, 6.07) is 3.23. The lowest BCUT2D eigenvalue weighted by Crippen LogP contribution is -2.45. The van der Waals surface area contributed by atoms with Gasteiger partial charge >= 0.3 is 0 Å². The van der Waals surface area contributed by atoms with Gasteiger partial charge in [-0.05, 0) is 56.1 Å². The van der Waals surface area contributed by atoms with Crippen LogP contribution >= 0.6 is 0 Å². The highest BCUT2D eigenvalue weighted by Gasteiger charge is 2.26. The van der Waals surface area contributed by atoms with Gasteiger partial charge in [0.2, 0.25) is 11.8 Å². The zero-order valence-corrected chi connectivity index (χ0v) is 15.5. The van der Waals surface area contributed by atoms with Crippen molar-refractivity contribution in [3.8, 4) is 5.88 Å². The topological polar surface area (TPSA) is 106 Å². The van der Waals surface area contributed by atoms with Crippen molar-refractivity contribution < 1.29 is 14.3 Å². The van der Waals surface area contributed by atoms with E-state index in [0.29, 0.717) is 30.9 Å².